The van der Waals surface area contributed by atoms with Gasteiger partial charge in [0.1, 0.15) is 0 Å². The monoisotopic (exact) mass is 442 g/mol. The molecule has 0 radical (unpaired) electrons. The van der Waals surface area contributed by atoms with E-state index in [1.165, 1.54) is 22.0 Å². The predicted octanol–water partition coefficient (Wildman–Crippen LogP) is 2.61. The first kappa shape index (κ1) is 23.1. The van der Waals surface area contributed by atoms with Gasteiger partial charge in [-0.25, -0.2) is 12.7 Å². The molecule has 2 unspecified atom stereocenters. The van der Waals surface area contributed by atoms with Crippen LogP contribution >= 0.6 is 0 Å². The number of nitrogens with one attached hydrogen (secondary N) is 3. The lowest BCUT2D eigenvalue weighted by atomic mass is 10.00. The molecule has 1 aliphatic heterocycles. The number of hydrogen-bond acceptors (Lipinski definition) is 5. The molecular weight excluding hydrogens is 412 g/mol. The van der Waals surface area contributed by atoms with Gasteiger partial charge in [-0.1, -0.05) is 42.5 Å². The van der Waals surface area contributed by atoms with Crippen molar-refractivity contribution in [3.63, 3.8) is 0 Å². The third kappa shape index (κ3) is 6.01. The van der Waals surface area contributed by atoms with Crippen molar-refractivity contribution in [3.8, 4) is 0 Å². The highest BCUT2D eigenvalue weighted by Crippen LogP contribution is 2.24. The van der Waals surface area contributed by atoms with E-state index in [0.29, 0.717) is 18.7 Å². The summed E-state index contributed by atoms with van der Waals surface area (Å²) in [4.78, 5) is 12.2. The van der Waals surface area contributed by atoms with E-state index in [-0.39, 0.29) is 22.9 Å². The number of amides is 1. The second-order valence-corrected chi connectivity index (χ2v) is 9.72. The van der Waals surface area contributed by atoms with Gasteiger partial charge < -0.3 is 5.32 Å². The Bertz CT molecular complexity index is 995. The molecule has 0 saturated carbocycles. The van der Waals surface area contributed by atoms with Crippen LogP contribution in [0, 0.1) is 0 Å². The highest BCUT2D eigenvalue weighted by Gasteiger charge is 2.26. The van der Waals surface area contributed by atoms with E-state index < -0.39 is 10.0 Å². The summed E-state index contributed by atoms with van der Waals surface area (Å²) in [6, 6.07) is 16.9. The minimum absolute atomic E-state index is 0.117. The summed E-state index contributed by atoms with van der Waals surface area (Å²) in [5, 5.41) is 2.66. The second kappa shape index (κ2) is 10.7. The maximum atomic E-state index is 12.9. The SMILES string of the molecule is C=CCNC(=O)c1cccc(S(=O)(=O)N(C)CCCC2CC(c3ccccc3)NN2)c1. The van der Waals surface area contributed by atoms with Crippen LogP contribution in [0.4, 0.5) is 0 Å². The van der Waals surface area contributed by atoms with Gasteiger partial charge in [-0.15, -0.1) is 6.58 Å². The van der Waals surface area contributed by atoms with Crippen LogP contribution in [0.2, 0.25) is 0 Å². The Balaban J connectivity index is 1.52. The average Bonchev–Trinajstić information content (AvgIpc) is 3.27. The Morgan fingerprint density at radius 3 is 2.71 bits per heavy atom. The number of carbonyl (C=O) groups excluding carboxylic acids is 1. The summed E-state index contributed by atoms with van der Waals surface area (Å²) >= 11 is 0. The molecule has 0 aromatic heterocycles. The molecule has 31 heavy (non-hydrogen) atoms. The quantitative estimate of drug-likeness (QED) is 0.492. The van der Waals surface area contributed by atoms with Gasteiger partial charge in [-0.2, -0.15) is 0 Å². The third-order valence-electron chi connectivity index (χ3n) is 5.42. The first-order valence-corrected chi connectivity index (χ1v) is 11.9. The molecule has 3 rings (SSSR count). The number of carbonyl (C=O) groups is 1. The molecule has 2 aromatic carbocycles. The number of rotatable bonds is 10. The summed E-state index contributed by atoms with van der Waals surface area (Å²) < 4.78 is 27.2. The number of hydrazine groups is 1. The number of benzene rings is 2. The lowest BCUT2D eigenvalue weighted by Crippen LogP contribution is -2.32. The Kier molecular flexibility index (Phi) is 7.97. The van der Waals surface area contributed by atoms with Crippen molar-refractivity contribution in [2.45, 2.75) is 36.2 Å². The highest BCUT2D eigenvalue weighted by atomic mass is 32.2. The standard InChI is InChI=1S/C23H30N4O3S/c1-3-14-24-23(28)19-11-7-13-21(16-19)31(29,30)27(2)15-8-12-20-17-22(26-25-20)18-9-5-4-6-10-18/h3-7,9-11,13,16,20,22,25-26H,1,8,12,14-15,17H2,2H3,(H,24,28). The van der Waals surface area contributed by atoms with Gasteiger partial charge in [0.25, 0.3) is 5.91 Å². The maximum absolute atomic E-state index is 12.9. The fraction of sp³-hybridized carbons (Fsp3) is 0.348. The fourth-order valence-corrected chi connectivity index (χ4v) is 4.90. The Hall–Kier alpha value is -2.52. The van der Waals surface area contributed by atoms with Crippen molar-refractivity contribution in [3.05, 3.63) is 78.4 Å². The highest BCUT2D eigenvalue weighted by molar-refractivity contribution is 7.89. The maximum Gasteiger partial charge on any atom is 0.251 e. The Labute approximate surface area is 184 Å². The van der Waals surface area contributed by atoms with Crippen molar-refractivity contribution >= 4 is 15.9 Å². The molecule has 2 aromatic rings. The topological polar surface area (TPSA) is 90.5 Å². The minimum Gasteiger partial charge on any atom is -0.349 e. The third-order valence-corrected chi connectivity index (χ3v) is 7.27. The Morgan fingerprint density at radius 2 is 1.97 bits per heavy atom. The molecule has 3 N–H and O–H groups in total. The summed E-state index contributed by atoms with van der Waals surface area (Å²) in [6.07, 6.45) is 4.13. The molecule has 2 atom stereocenters. The van der Waals surface area contributed by atoms with Crippen LogP contribution in [-0.4, -0.2) is 44.8 Å². The van der Waals surface area contributed by atoms with Crippen molar-refractivity contribution in [2.24, 2.45) is 0 Å². The van der Waals surface area contributed by atoms with E-state index >= 15 is 0 Å². The minimum atomic E-state index is -3.67. The summed E-state index contributed by atoms with van der Waals surface area (Å²) in [5.74, 6) is -0.326. The van der Waals surface area contributed by atoms with Crippen LogP contribution in [0.1, 0.15) is 41.2 Å². The summed E-state index contributed by atoms with van der Waals surface area (Å²) in [6.45, 7) is 4.29. The van der Waals surface area contributed by atoms with E-state index in [1.807, 2.05) is 18.2 Å². The molecular formula is C23H30N4O3S. The van der Waals surface area contributed by atoms with E-state index in [9.17, 15) is 13.2 Å². The molecule has 1 saturated heterocycles. The first-order chi connectivity index (χ1) is 14.9. The molecule has 0 aliphatic carbocycles. The van der Waals surface area contributed by atoms with Crippen LogP contribution in [-0.2, 0) is 10.0 Å². The zero-order chi connectivity index (χ0) is 22.3. The number of nitrogens with zero attached hydrogens (tertiary/aromatic N) is 1. The van der Waals surface area contributed by atoms with E-state index in [4.69, 9.17) is 0 Å². The van der Waals surface area contributed by atoms with Crippen LogP contribution < -0.4 is 16.2 Å². The van der Waals surface area contributed by atoms with E-state index in [0.717, 1.165) is 19.3 Å². The fourth-order valence-electron chi connectivity index (χ4n) is 3.64. The predicted molar refractivity (Wildman–Crippen MR) is 122 cm³/mol. The molecule has 0 bridgehead atoms. The van der Waals surface area contributed by atoms with Gasteiger partial charge in [0.15, 0.2) is 0 Å². The van der Waals surface area contributed by atoms with E-state index in [1.54, 1.807) is 25.3 Å². The number of sulfonamides is 1. The van der Waals surface area contributed by atoms with Gasteiger partial charge >= 0.3 is 0 Å². The largest absolute Gasteiger partial charge is 0.349 e. The van der Waals surface area contributed by atoms with Crippen molar-refractivity contribution in [1.82, 2.24) is 20.5 Å². The molecule has 0 spiro atoms. The Morgan fingerprint density at radius 1 is 1.19 bits per heavy atom. The van der Waals surface area contributed by atoms with Crippen molar-refractivity contribution in [2.75, 3.05) is 20.1 Å². The van der Waals surface area contributed by atoms with E-state index in [2.05, 4.69) is 34.9 Å². The van der Waals surface area contributed by atoms with Gasteiger partial charge in [-0.05, 0) is 43.0 Å². The van der Waals surface area contributed by atoms with Crippen LogP contribution in [0.15, 0.2) is 72.1 Å². The van der Waals surface area contributed by atoms with Gasteiger partial charge in [0, 0.05) is 37.8 Å². The van der Waals surface area contributed by atoms with Gasteiger partial charge in [0.2, 0.25) is 10.0 Å². The molecule has 1 fully saturated rings. The summed E-state index contributed by atoms with van der Waals surface area (Å²) in [5.41, 5.74) is 8.19. The zero-order valence-corrected chi connectivity index (χ0v) is 18.6. The van der Waals surface area contributed by atoms with Gasteiger partial charge in [0.05, 0.1) is 4.90 Å². The van der Waals surface area contributed by atoms with Crippen LogP contribution in [0.25, 0.3) is 0 Å². The molecule has 8 heteroatoms. The molecule has 1 amide bonds. The molecule has 166 valence electrons. The van der Waals surface area contributed by atoms with Crippen LogP contribution in [0.5, 0.6) is 0 Å². The van der Waals surface area contributed by atoms with Crippen LogP contribution in [0.3, 0.4) is 0 Å². The number of hydrogen-bond donors (Lipinski definition) is 3. The normalized spacial score (nSPS) is 18.8. The first-order valence-electron chi connectivity index (χ1n) is 10.4. The van der Waals surface area contributed by atoms with Gasteiger partial charge in [-0.3, -0.25) is 15.6 Å². The molecule has 1 heterocycles. The molecule has 1 aliphatic rings. The average molecular weight is 443 g/mol. The van der Waals surface area contributed by atoms with Crippen molar-refractivity contribution in [1.29, 1.82) is 0 Å². The second-order valence-electron chi connectivity index (χ2n) is 7.68. The van der Waals surface area contributed by atoms with Crippen molar-refractivity contribution < 1.29 is 13.2 Å². The summed E-state index contributed by atoms with van der Waals surface area (Å²) in [7, 11) is -2.09. The smallest absolute Gasteiger partial charge is 0.251 e. The lowest BCUT2D eigenvalue weighted by molar-refractivity contribution is 0.0958. The molecule has 7 nitrogen and oxygen atoms in total. The zero-order valence-electron chi connectivity index (χ0n) is 17.8. The lowest BCUT2D eigenvalue weighted by Gasteiger charge is -2.18.